The molecule has 27 heavy (non-hydrogen) atoms. The standard InChI is InChI=1S/C24H33NO2/c1-16(2)21-10-8-9-11-22(21)27-18(4)23(26)25-17(3)19-12-14-20(15-13-19)24(5,6)7/h8-18H,1-7H3,(H,25,26)/t17-,18-/m0/s1. The molecule has 1 amide bonds. The van der Waals surface area contributed by atoms with Gasteiger partial charge < -0.3 is 10.1 Å². The lowest BCUT2D eigenvalue weighted by atomic mass is 9.86. The van der Waals surface area contributed by atoms with Crippen molar-refractivity contribution in [2.45, 2.75) is 71.9 Å². The van der Waals surface area contributed by atoms with Crippen LogP contribution in [0.15, 0.2) is 48.5 Å². The van der Waals surface area contributed by atoms with Gasteiger partial charge in [-0.3, -0.25) is 4.79 Å². The minimum Gasteiger partial charge on any atom is -0.481 e. The SMILES string of the molecule is CC(C)c1ccccc1O[C@@H](C)C(=O)N[C@@H](C)c1ccc(C(C)(C)C)cc1. The Hall–Kier alpha value is -2.29. The van der Waals surface area contributed by atoms with Crippen molar-refractivity contribution in [1.29, 1.82) is 0 Å². The Labute approximate surface area is 164 Å². The third-order valence-corrected chi connectivity index (χ3v) is 4.85. The van der Waals surface area contributed by atoms with Crippen LogP contribution in [0.5, 0.6) is 5.75 Å². The van der Waals surface area contributed by atoms with E-state index in [1.54, 1.807) is 6.92 Å². The van der Waals surface area contributed by atoms with Gasteiger partial charge in [-0.2, -0.15) is 0 Å². The first kappa shape index (κ1) is 21.0. The van der Waals surface area contributed by atoms with E-state index in [1.807, 2.05) is 31.2 Å². The first-order chi connectivity index (χ1) is 12.6. The highest BCUT2D eigenvalue weighted by atomic mass is 16.5. The van der Waals surface area contributed by atoms with E-state index in [1.165, 1.54) is 5.56 Å². The molecule has 0 radical (unpaired) electrons. The van der Waals surface area contributed by atoms with Gasteiger partial charge >= 0.3 is 0 Å². The van der Waals surface area contributed by atoms with Crippen molar-refractivity contribution in [3.63, 3.8) is 0 Å². The number of amides is 1. The van der Waals surface area contributed by atoms with Crippen LogP contribution in [-0.2, 0) is 10.2 Å². The largest absolute Gasteiger partial charge is 0.481 e. The third kappa shape index (κ3) is 5.59. The molecule has 3 nitrogen and oxygen atoms in total. The summed E-state index contributed by atoms with van der Waals surface area (Å²) in [4.78, 5) is 12.6. The number of rotatable bonds is 6. The van der Waals surface area contributed by atoms with Crippen LogP contribution in [0, 0.1) is 0 Å². The molecule has 1 N–H and O–H groups in total. The molecule has 0 saturated carbocycles. The zero-order chi connectivity index (χ0) is 20.2. The first-order valence-corrected chi connectivity index (χ1v) is 9.76. The van der Waals surface area contributed by atoms with E-state index in [0.717, 1.165) is 16.9 Å². The van der Waals surface area contributed by atoms with Crippen molar-refractivity contribution in [1.82, 2.24) is 5.32 Å². The molecule has 2 aromatic carbocycles. The summed E-state index contributed by atoms with van der Waals surface area (Å²) >= 11 is 0. The highest BCUT2D eigenvalue weighted by molar-refractivity contribution is 5.81. The van der Waals surface area contributed by atoms with Crippen molar-refractivity contribution < 1.29 is 9.53 Å². The van der Waals surface area contributed by atoms with Gasteiger partial charge in [0.05, 0.1) is 6.04 Å². The third-order valence-electron chi connectivity index (χ3n) is 4.85. The monoisotopic (exact) mass is 367 g/mol. The summed E-state index contributed by atoms with van der Waals surface area (Å²) < 4.78 is 5.96. The molecule has 2 aromatic rings. The van der Waals surface area contributed by atoms with E-state index in [4.69, 9.17) is 4.74 Å². The summed E-state index contributed by atoms with van der Waals surface area (Å²) in [5, 5.41) is 3.06. The molecule has 0 aliphatic carbocycles. The van der Waals surface area contributed by atoms with Crippen LogP contribution < -0.4 is 10.1 Å². The van der Waals surface area contributed by atoms with Gasteiger partial charge in [0.15, 0.2) is 6.10 Å². The molecule has 3 heteroatoms. The van der Waals surface area contributed by atoms with Gasteiger partial charge in [-0.05, 0) is 47.9 Å². The summed E-state index contributed by atoms with van der Waals surface area (Å²) in [6.45, 7) is 14.6. The predicted octanol–water partition coefficient (Wildman–Crippen LogP) is 5.75. The molecule has 0 aliphatic rings. The smallest absolute Gasteiger partial charge is 0.261 e. The number of ether oxygens (including phenoxy) is 1. The van der Waals surface area contributed by atoms with Crippen molar-refractivity contribution in [2.24, 2.45) is 0 Å². The Morgan fingerprint density at radius 1 is 0.926 bits per heavy atom. The van der Waals surface area contributed by atoms with Crippen LogP contribution in [-0.4, -0.2) is 12.0 Å². The van der Waals surface area contributed by atoms with Gasteiger partial charge in [0.1, 0.15) is 5.75 Å². The zero-order valence-corrected chi connectivity index (χ0v) is 17.7. The highest BCUT2D eigenvalue weighted by Crippen LogP contribution is 2.27. The van der Waals surface area contributed by atoms with Gasteiger partial charge in [-0.15, -0.1) is 0 Å². The van der Waals surface area contributed by atoms with Gasteiger partial charge in [0, 0.05) is 0 Å². The van der Waals surface area contributed by atoms with Crippen molar-refractivity contribution in [3.05, 3.63) is 65.2 Å². The number of carbonyl (C=O) groups excluding carboxylic acids is 1. The first-order valence-electron chi connectivity index (χ1n) is 9.76. The fraction of sp³-hybridized carbons (Fsp3) is 0.458. The number of benzene rings is 2. The Balaban J connectivity index is 2.02. The molecule has 146 valence electrons. The summed E-state index contributed by atoms with van der Waals surface area (Å²) in [5.74, 6) is 1.01. The summed E-state index contributed by atoms with van der Waals surface area (Å²) in [6, 6.07) is 16.3. The van der Waals surface area contributed by atoms with Gasteiger partial charge in [-0.25, -0.2) is 0 Å². The van der Waals surface area contributed by atoms with E-state index in [2.05, 4.69) is 64.2 Å². The van der Waals surface area contributed by atoms with E-state index in [-0.39, 0.29) is 17.4 Å². The average Bonchev–Trinajstić information content (AvgIpc) is 2.61. The molecular formula is C24H33NO2. The van der Waals surface area contributed by atoms with Crippen LogP contribution in [0.3, 0.4) is 0 Å². The number of carbonyl (C=O) groups is 1. The second-order valence-electron chi connectivity index (χ2n) is 8.55. The van der Waals surface area contributed by atoms with Crippen LogP contribution in [0.1, 0.15) is 77.1 Å². The number of nitrogens with one attached hydrogen (secondary N) is 1. The van der Waals surface area contributed by atoms with Crippen LogP contribution in [0.4, 0.5) is 0 Å². The van der Waals surface area contributed by atoms with Crippen molar-refractivity contribution >= 4 is 5.91 Å². The summed E-state index contributed by atoms with van der Waals surface area (Å²) in [7, 11) is 0. The van der Waals surface area contributed by atoms with E-state index in [9.17, 15) is 4.79 Å². The molecule has 0 unspecified atom stereocenters. The molecule has 0 heterocycles. The van der Waals surface area contributed by atoms with Gasteiger partial charge in [0.25, 0.3) is 5.91 Å². The molecule has 0 fully saturated rings. The van der Waals surface area contributed by atoms with E-state index < -0.39 is 6.10 Å². The maximum Gasteiger partial charge on any atom is 0.261 e. The number of hydrogen-bond donors (Lipinski definition) is 1. The molecule has 2 atom stereocenters. The molecule has 0 saturated heterocycles. The Kier molecular flexibility index (Phi) is 6.69. The topological polar surface area (TPSA) is 38.3 Å². The second-order valence-corrected chi connectivity index (χ2v) is 8.55. The highest BCUT2D eigenvalue weighted by Gasteiger charge is 2.20. The summed E-state index contributed by atoms with van der Waals surface area (Å²) in [5.41, 5.74) is 3.61. The average molecular weight is 368 g/mol. The molecule has 0 spiro atoms. The molecule has 0 aliphatic heterocycles. The van der Waals surface area contributed by atoms with Crippen molar-refractivity contribution in [3.8, 4) is 5.75 Å². The molecular weight excluding hydrogens is 334 g/mol. The molecule has 0 bridgehead atoms. The lowest BCUT2D eigenvalue weighted by Gasteiger charge is -2.22. The van der Waals surface area contributed by atoms with Gasteiger partial charge in [-0.1, -0.05) is 77.1 Å². The Bertz CT molecular complexity index is 757. The number of hydrogen-bond acceptors (Lipinski definition) is 2. The van der Waals surface area contributed by atoms with Crippen molar-refractivity contribution in [2.75, 3.05) is 0 Å². The fourth-order valence-corrected chi connectivity index (χ4v) is 2.99. The van der Waals surface area contributed by atoms with Gasteiger partial charge in [0.2, 0.25) is 0 Å². The van der Waals surface area contributed by atoms with Crippen LogP contribution in [0.25, 0.3) is 0 Å². The summed E-state index contributed by atoms with van der Waals surface area (Å²) in [6.07, 6.45) is -0.554. The maximum atomic E-state index is 12.6. The predicted molar refractivity (Wildman–Crippen MR) is 112 cm³/mol. The Morgan fingerprint density at radius 3 is 2.07 bits per heavy atom. The van der Waals surface area contributed by atoms with E-state index >= 15 is 0 Å². The minimum absolute atomic E-state index is 0.0714. The maximum absolute atomic E-state index is 12.6. The van der Waals surface area contributed by atoms with Crippen LogP contribution in [0.2, 0.25) is 0 Å². The lowest BCUT2D eigenvalue weighted by molar-refractivity contribution is -0.127. The molecule has 2 rings (SSSR count). The van der Waals surface area contributed by atoms with E-state index in [0.29, 0.717) is 5.92 Å². The molecule has 0 aromatic heterocycles. The second kappa shape index (κ2) is 8.60. The van der Waals surface area contributed by atoms with Crippen LogP contribution >= 0.6 is 0 Å². The fourth-order valence-electron chi connectivity index (χ4n) is 2.99. The minimum atomic E-state index is -0.554. The quantitative estimate of drug-likeness (QED) is 0.706. The normalized spacial score (nSPS) is 13.9. The Morgan fingerprint density at radius 2 is 1.52 bits per heavy atom. The lowest BCUT2D eigenvalue weighted by Crippen LogP contribution is -2.38. The zero-order valence-electron chi connectivity index (χ0n) is 17.7. The number of para-hydroxylation sites is 1.